The van der Waals surface area contributed by atoms with Crippen LogP contribution in [0.2, 0.25) is 5.02 Å². The average molecular weight is 362 g/mol. The number of sulfonamides is 1. The van der Waals surface area contributed by atoms with Crippen molar-refractivity contribution in [3.63, 3.8) is 0 Å². The molecule has 0 spiro atoms. The van der Waals surface area contributed by atoms with Gasteiger partial charge in [-0.3, -0.25) is 0 Å². The molecule has 0 fully saturated rings. The summed E-state index contributed by atoms with van der Waals surface area (Å²) in [6, 6.07) is 4.24. The second-order valence-electron chi connectivity index (χ2n) is 4.18. The Morgan fingerprint density at radius 2 is 2.24 bits per heavy atom. The van der Waals surface area contributed by atoms with E-state index in [1.165, 1.54) is 29.5 Å². The van der Waals surface area contributed by atoms with Crippen LogP contribution in [0.1, 0.15) is 15.4 Å². The molecule has 5 nitrogen and oxygen atoms in total. The van der Waals surface area contributed by atoms with Crippen molar-refractivity contribution in [1.82, 2.24) is 9.71 Å². The fourth-order valence-corrected chi connectivity index (χ4v) is 4.04. The predicted octanol–water partition coefficient (Wildman–Crippen LogP) is 2.22. The van der Waals surface area contributed by atoms with Gasteiger partial charge in [0.2, 0.25) is 10.0 Å². The van der Waals surface area contributed by atoms with Crippen molar-refractivity contribution in [1.29, 1.82) is 0 Å². The van der Waals surface area contributed by atoms with Gasteiger partial charge in [-0.15, -0.1) is 11.3 Å². The lowest BCUT2D eigenvalue weighted by atomic mass is 10.2. The maximum absolute atomic E-state index is 12.2. The fraction of sp³-hybridized carbons (Fsp3) is 0.167. The van der Waals surface area contributed by atoms with E-state index in [1.54, 1.807) is 6.20 Å². The van der Waals surface area contributed by atoms with Crippen LogP contribution in [-0.2, 0) is 16.6 Å². The lowest BCUT2D eigenvalue weighted by Crippen LogP contribution is -2.23. The van der Waals surface area contributed by atoms with Crippen LogP contribution in [-0.4, -0.2) is 18.4 Å². The van der Waals surface area contributed by atoms with Crippen molar-refractivity contribution in [2.75, 3.05) is 0 Å². The Morgan fingerprint density at radius 1 is 1.52 bits per heavy atom. The molecule has 0 amide bonds. The first kappa shape index (κ1) is 16.3. The number of rotatable bonds is 5. The van der Waals surface area contributed by atoms with Gasteiger partial charge in [-0.05, 0) is 25.1 Å². The summed E-state index contributed by atoms with van der Waals surface area (Å²) >= 11 is 12.2. The number of hydrogen-bond donors (Lipinski definition) is 2. The molecule has 1 aromatic heterocycles. The number of nitrogens with one attached hydrogen (secondary N) is 1. The lowest BCUT2D eigenvalue weighted by Gasteiger charge is -2.08. The maximum Gasteiger partial charge on any atom is 0.240 e. The number of thiazole rings is 1. The van der Waals surface area contributed by atoms with E-state index in [1.807, 2.05) is 6.92 Å². The van der Waals surface area contributed by atoms with Crippen molar-refractivity contribution >= 4 is 50.2 Å². The van der Waals surface area contributed by atoms with E-state index in [0.29, 0.717) is 5.56 Å². The van der Waals surface area contributed by atoms with Crippen LogP contribution in [0, 0.1) is 6.92 Å². The number of aryl methyl sites for hydroxylation is 1. The average Bonchev–Trinajstić information content (AvgIpc) is 2.82. The first-order valence-electron chi connectivity index (χ1n) is 5.80. The van der Waals surface area contributed by atoms with Gasteiger partial charge < -0.3 is 5.73 Å². The Labute approximate surface area is 137 Å². The van der Waals surface area contributed by atoms with Gasteiger partial charge in [0.15, 0.2) is 0 Å². The van der Waals surface area contributed by atoms with Crippen molar-refractivity contribution in [2.45, 2.75) is 18.4 Å². The number of nitrogens with two attached hydrogens (primary N) is 1. The second kappa shape index (κ2) is 6.37. The van der Waals surface area contributed by atoms with Crippen molar-refractivity contribution in [2.24, 2.45) is 5.73 Å². The Hall–Kier alpha value is -1.06. The number of thiocarbonyl (C=S) groups is 1. The van der Waals surface area contributed by atoms with Gasteiger partial charge in [0.1, 0.15) is 4.99 Å². The highest BCUT2D eigenvalue weighted by molar-refractivity contribution is 7.89. The van der Waals surface area contributed by atoms with E-state index in [4.69, 9.17) is 29.6 Å². The molecule has 1 heterocycles. The summed E-state index contributed by atoms with van der Waals surface area (Å²) in [7, 11) is -3.65. The first-order valence-corrected chi connectivity index (χ1v) is 8.88. The quantitative estimate of drug-likeness (QED) is 0.797. The van der Waals surface area contributed by atoms with Gasteiger partial charge in [-0.2, -0.15) is 0 Å². The summed E-state index contributed by atoms with van der Waals surface area (Å²) < 4.78 is 26.9. The fourth-order valence-electron chi connectivity index (χ4n) is 1.60. The van der Waals surface area contributed by atoms with Crippen LogP contribution in [0.4, 0.5) is 0 Å². The number of benzene rings is 1. The molecule has 0 bridgehead atoms. The monoisotopic (exact) mass is 361 g/mol. The molecule has 112 valence electrons. The van der Waals surface area contributed by atoms with E-state index < -0.39 is 10.0 Å². The smallest absolute Gasteiger partial charge is 0.240 e. The molecular formula is C12H12ClN3O2S3. The van der Waals surface area contributed by atoms with Crippen molar-refractivity contribution < 1.29 is 8.42 Å². The van der Waals surface area contributed by atoms with Gasteiger partial charge >= 0.3 is 0 Å². The molecule has 2 aromatic rings. The minimum absolute atomic E-state index is 0.0636. The minimum atomic E-state index is -3.65. The predicted molar refractivity (Wildman–Crippen MR) is 88.2 cm³/mol. The Kier molecular flexibility index (Phi) is 4.95. The summed E-state index contributed by atoms with van der Waals surface area (Å²) in [5.41, 5.74) is 5.93. The van der Waals surface area contributed by atoms with E-state index >= 15 is 0 Å². The molecule has 2 rings (SSSR count). The largest absolute Gasteiger partial charge is 0.389 e. The van der Waals surface area contributed by atoms with Crippen LogP contribution in [0.25, 0.3) is 0 Å². The third-order valence-electron chi connectivity index (χ3n) is 2.62. The van der Waals surface area contributed by atoms with Gasteiger partial charge in [0.25, 0.3) is 0 Å². The van der Waals surface area contributed by atoms with E-state index in [0.717, 1.165) is 9.88 Å². The highest BCUT2D eigenvalue weighted by Gasteiger charge is 2.16. The summed E-state index contributed by atoms with van der Waals surface area (Å²) in [5.74, 6) is 0. The number of halogens is 1. The van der Waals surface area contributed by atoms with Gasteiger partial charge in [-0.25, -0.2) is 18.1 Å². The van der Waals surface area contributed by atoms with Gasteiger partial charge in [-0.1, -0.05) is 23.8 Å². The van der Waals surface area contributed by atoms with E-state index in [-0.39, 0.29) is 21.5 Å². The van der Waals surface area contributed by atoms with Crippen LogP contribution < -0.4 is 10.5 Å². The van der Waals surface area contributed by atoms with Crippen LogP contribution >= 0.6 is 35.2 Å². The molecule has 0 aliphatic carbocycles. The highest BCUT2D eigenvalue weighted by atomic mass is 35.5. The summed E-state index contributed by atoms with van der Waals surface area (Å²) in [6.45, 7) is 2.04. The van der Waals surface area contributed by atoms with Gasteiger partial charge in [0.05, 0.1) is 14.9 Å². The molecule has 0 atom stereocenters. The third-order valence-corrected chi connectivity index (χ3v) is 5.47. The van der Waals surface area contributed by atoms with E-state index in [9.17, 15) is 8.42 Å². The standard InChI is InChI=1S/C12H12ClN3O2S3/c1-7-15-5-8(20-7)6-16-21(17,18)9-2-3-10(12(14)19)11(13)4-9/h2-5,16H,6H2,1H3,(H2,14,19). The molecule has 0 saturated heterocycles. The Balaban J connectivity index is 2.19. The SMILES string of the molecule is Cc1ncc(CNS(=O)(=O)c2ccc(C(N)=S)c(Cl)c2)s1. The van der Waals surface area contributed by atoms with Crippen molar-refractivity contribution in [3.05, 3.63) is 44.9 Å². The zero-order valence-corrected chi connectivity index (χ0v) is 14.2. The van der Waals surface area contributed by atoms with E-state index in [2.05, 4.69) is 9.71 Å². The second-order valence-corrected chi connectivity index (χ2v) is 8.11. The molecule has 0 aliphatic heterocycles. The number of aromatic nitrogens is 1. The molecule has 3 N–H and O–H groups in total. The molecule has 0 aliphatic rings. The normalized spacial score (nSPS) is 11.5. The highest BCUT2D eigenvalue weighted by Crippen LogP contribution is 2.21. The summed E-state index contributed by atoms with van der Waals surface area (Å²) in [4.78, 5) is 5.09. The molecule has 0 unspecified atom stereocenters. The van der Waals surface area contributed by atoms with Gasteiger partial charge in [0, 0.05) is 23.2 Å². The first-order chi connectivity index (χ1) is 9.79. The zero-order valence-electron chi connectivity index (χ0n) is 11.0. The third kappa shape index (κ3) is 3.98. The Morgan fingerprint density at radius 3 is 2.76 bits per heavy atom. The minimum Gasteiger partial charge on any atom is -0.389 e. The molecular weight excluding hydrogens is 350 g/mol. The lowest BCUT2D eigenvalue weighted by molar-refractivity contribution is 0.582. The molecule has 0 saturated carbocycles. The molecule has 1 aromatic carbocycles. The molecule has 0 radical (unpaired) electrons. The zero-order chi connectivity index (χ0) is 15.6. The Bertz CT molecular complexity index is 787. The summed E-state index contributed by atoms with van der Waals surface area (Å²) in [5, 5.41) is 1.09. The number of nitrogens with zero attached hydrogens (tertiary/aromatic N) is 1. The maximum atomic E-state index is 12.2. The van der Waals surface area contributed by atoms with Crippen molar-refractivity contribution in [3.8, 4) is 0 Å². The molecule has 9 heteroatoms. The van der Waals surface area contributed by atoms with Crippen LogP contribution in [0.3, 0.4) is 0 Å². The number of hydrogen-bond acceptors (Lipinski definition) is 5. The van der Waals surface area contributed by atoms with Crippen LogP contribution in [0.5, 0.6) is 0 Å². The molecule has 21 heavy (non-hydrogen) atoms. The topological polar surface area (TPSA) is 85.1 Å². The summed E-state index contributed by atoms with van der Waals surface area (Å²) in [6.07, 6.45) is 1.64. The van der Waals surface area contributed by atoms with Crippen LogP contribution in [0.15, 0.2) is 29.3 Å².